The molecular weight excluding hydrogens is 384 g/mol. The van der Waals surface area contributed by atoms with Crippen molar-refractivity contribution in [2.24, 2.45) is 5.92 Å². The summed E-state index contributed by atoms with van der Waals surface area (Å²) in [5.74, 6) is -0.250. The number of rotatable bonds is 7. The molecule has 1 fully saturated rings. The topological polar surface area (TPSA) is 134 Å². The number of fused-ring (bicyclic) bond motifs is 1. The molecule has 0 bridgehead atoms. The van der Waals surface area contributed by atoms with Crippen molar-refractivity contribution in [2.45, 2.75) is 50.2 Å². The first-order chi connectivity index (χ1) is 13.2. The summed E-state index contributed by atoms with van der Waals surface area (Å²) < 4.78 is 30.5. The van der Waals surface area contributed by atoms with Crippen LogP contribution in [-0.2, 0) is 23.1 Å². The van der Waals surface area contributed by atoms with Crippen LogP contribution in [0.1, 0.15) is 26.7 Å². The number of nitriles is 1. The summed E-state index contributed by atoms with van der Waals surface area (Å²) in [6, 6.07) is 5.99. The van der Waals surface area contributed by atoms with E-state index in [1.807, 2.05) is 6.07 Å². The zero-order valence-electron chi connectivity index (χ0n) is 15.7. The molecule has 1 saturated carbocycles. The Kier molecular flexibility index (Phi) is 5.18. The van der Waals surface area contributed by atoms with Gasteiger partial charge >= 0.3 is 5.69 Å². The maximum atomic E-state index is 12.8. The average Bonchev–Trinajstić information content (AvgIpc) is 3.34. The van der Waals surface area contributed by atoms with Crippen LogP contribution in [0.3, 0.4) is 0 Å². The summed E-state index contributed by atoms with van der Waals surface area (Å²) in [5, 5.41) is 18.6. The summed E-state index contributed by atoms with van der Waals surface area (Å²) in [6.07, 6.45) is 0.659. The number of nitrogens with zero attached hydrogens (tertiary/aromatic N) is 3. The quantitative estimate of drug-likeness (QED) is 0.672. The normalized spacial score (nSPS) is 21.6. The minimum Gasteiger partial charge on any atom is -0.396 e. The van der Waals surface area contributed by atoms with Crippen LogP contribution < -0.4 is 16.0 Å². The molecule has 2 aromatic rings. The van der Waals surface area contributed by atoms with E-state index >= 15 is 0 Å². The van der Waals surface area contributed by atoms with Crippen LogP contribution >= 0.6 is 0 Å². The molecule has 2 N–H and O–H groups in total. The van der Waals surface area contributed by atoms with Crippen molar-refractivity contribution in [3.63, 3.8) is 0 Å². The second kappa shape index (κ2) is 7.16. The number of sulfonamides is 1. The summed E-state index contributed by atoms with van der Waals surface area (Å²) >= 11 is 0. The van der Waals surface area contributed by atoms with Crippen molar-refractivity contribution < 1.29 is 13.5 Å². The molecule has 1 aliphatic rings. The van der Waals surface area contributed by atoms with Crippen molar-refractivity contribution in [3.05, 3.63) is 39.0 Å². The Balaban J connectivity index is 2.11. The second-order valence-corrected chi connectivity index (χ2v) is 8.54. The van der Waals surface area contributed by atoms with Gasteiger partial charge in [-0.1, -0.05) is 0 Å². The molecular formula is C18H22N4O5S. The lowest BCUT2D eigenvalue weighted by atomic mass is 10.2. The molecule has 28 heavy (non-hydrogen) atoms. The molecule has 10 heteroatoms. The van der Waals surface area contributed by atoms with E-state index in [4.69, 9.17) is 5.11 Å². The monoisotopic (exact) mass is 406 g/mol. The van der Waals surface area contributed by atoms with E-state index in [0.717, 1.165) is 4.57 Å². The highest BCUT2D eigenvalue weighted by molar-refractivity contribution is 7.89. The first-order valence-corrected chi connectivity index (χ1v) is 10.6. The fourth-order valence-electron chi connectivity index (χ4n) is 3.57. The summed E-state index contributed by atoms with van der Waals surface area (Å²) in [6.45, 7) is 3.81. The lowest BCUT2D eigenvalue weighted by Gasteiger charge is -2.15. The summed E-state index contributed by atoms with van der Waals surface area (Å²) in [5.41, 5.74) is -1.86. The number of benzene rings is 1. The molecule has 9 nitrogen and oxygen atoms in total. The molecule has 1 aromatic heterocycles. The molecule has 2 unspecified atom stereocenters. The zero-order valence-corrected chi connectivity index (χ0v) is 16.5. The fraction of sp³-hybridized carbons (Fsp3) is 0.500. The predicted molar refractivity (Wildman–Crippen MR) is 102 cm³/mol. The lowest BCUT2D eigenvalue weighted by Crippen LogP contribution is -2.40. The molecule has 1 aromatic carbocycles. The zero-order chi connectivity index (χ0) is 20.7. The third-order valence-corrected chi connectivity index (χ3v) is 6.75. The largest absolute Gasteiger partial charge is 0.396 e. The van der Waals surface area contributed by atoms with E-state index in [2.05, 4.69) is 4.72 Å². The molecule has 2 atom stereocenters. The van der Waals surface area contributed by atoms with E-state index in [1.165, 1.54) is 22.8 Å². The van der Waals surface area contributed by atoms with Crippen LogP contribution in [0.2, 0.25) is 0 Å². The smallest absolute Gasteiger partial charge is 0.331 e. The van der Waals surface area contributed by atoms with Gasteiger partial charge in [-0.25, -0.2) is 13.2 Å². The Morgan fingerprint density at radius 2 is 1.96 bits per heavy atom. The van der Waals surface area contributed by atoms with E-state index in [9.17, 15) is 23.3 Å². The summed E-state index contributed by atoms with van der Waals surface area (Å²) in [4.78, 5) is 24.9. The van der Waals surface area contributed by atoms with Crippen LogP contribution in [0, 0.1) is 17.2 Å². The van der Waals surface area contributed by atoms with E-state index < -0.39 is 26.8 Å². The van der Waals surface area contributed by atoms with Crippen molar-refractivity contribution in [1.29, 1.82) is 5.26 Å². The first kappa shape index (κ1) is 20.3. The number of aryl methyl sites for hydroxylation is 1. The third kappa shape index (κ3) is 3.15. The van der Waals surface area contributed by atoms with Crippen LogP contribution in [0.5, 0.6) is 0 Å². The maximum absolute atomic E-state index is 12.8. The Bertz CT molecular complexity index is 1190. The average molecular weight is 406 g/mol. The SMILES string of the molecule is CCn1c(=O)c2cc(S(=O)(=O)NC3(C#N)CC3CCO)ccc2n(CC)c1=O. The van der Waals surface area contributed by atoms with Crippen LogP contribution in [0.4, 0.5) is 0 Å². The highest BCUT2D eigenvalue weighted by atomic mass is 32.2. The van der Waals surface area contributed by atoms with Crippen LogP contribution in [-0.4, -0.2) is 34.8 Å². The van der Waals surface area contributed by atoms with Gasteiger partial charge in [-0.3, -0.25) is 13.9 Å². The highest BCUT2D eigenvalue weighted by Crippen LogP contribution is 2.46. The lowest BCUT2D eigenvalue weighted by molar-refractivity contribution is 0.276. The predicted octanol–water partition coefficient (Wildman–Crippen LogP) is 0.146. The summed E-state index contributed by atoms with van der Waals surface area (Å²) in [7, 11) is -4.07. The van der Waals surface area contributed by atoms with Crippen molar-refractivity contribution in [2.75, 3.05) is 6.61 Å². The third-order valence-electron chi connectivity index (χ3n) is 5.24. The molecule has 150 valence electrons. The number of hydrogen-bond donors (Lipinski definition) is 2. The van der Waals surface area contributed by atoms with Crippen LogP contribution in [0.25, 0.3) is 10.9 Å². The van der Waals surface area contributed by atoms with Gasteiger partial charge in [-0.2, -0.15) is 9.98 Å². The van der Waals surface area contributed by atoms with Crippen molar-refractivity contribution >= 4 is 20.9 Å². The molecule has 3 rings (SSSR count). The van der Waals surface area contributed by atoms with Gasteiger partial charge in [0.1, 0.15) is 5.54 Å². The second-order valence-electron chi connectivity index (χ2n) is 6.86. The molecule has 1 aliphatic carbocycles. The molecule has 0 saturated heterocycles. The van der Waals surface area contributed by atoms with Crippen molar-refractivity contribution in [1.82, 2.24) is 13.9 Å². The van der Waals surface area contributed by atoms with Gasteiger partial charge in [-0.05, 0) is 50.8 Å². The van der Waals surface area contributed by atoms with Gasteiger partial charge < -0.3 is 5.11 Å². The minimum absolute atomic E-state index is 0.125. The van der Waals surface area contributed by atoms with Gasteiger partial charge in [-0.15, -0.1) is 0 Å². The number of nitrogens with one attached hydrogen (secondary N) is 1. The number of aromatic nitrogens is 2. The van der Waals surface area contributed by atoms with Crippen LogP contribution in [0.15, 0.2) is 32.7 Å². The Hall–Kier alpha value is -2.48. The maximum Gasteiger partial charge on any atom is 0.331 e. The Morgan fingerprint density at radius 1 is 1.29 bits per heavy atom. The molecule has 1 heterocycles. The fourth-order valence-corrected chi connectivity index (χ4v) is 4.99. The Morgan fingerprint density at radius 3 is 2.54 bits per heavy atom. The first-order valence-electron chi connectivity index (χ1n) is 9.08. The number of hydrogen-bond acceptors (Lipinski definition) is 6. The molecule has 0 spiro atoms. The standard InChI is InChI=1S/C18H22N4O5S/c1-3-21-15-6-5-13(9-14(15)16(24)22(4-2)17(21)25)28(26,27)20-18(11-19)10-12(18)7-8-23/h5-6,9,12,20,23H,3-4,7-8,10H2,1-2H3. The van der Waals surface area contributed by atoms with Gasteiger partial charge in [0.2, 0.25) is 10.0 Å². The molecule has 0 radical (unpaired) electrons. The minimum atomic E-state index is -4.07. The number of aliphatic hydroxyl groups is 1. The van der Waals surface area contributed by atoms with Crippen molar-refractivity contribution in [3.8, 4) is 6.07 Å². The van der Waals surface area contributed by atoms with E-state index in [1.54, 1.807) is 13.8 Å². The van der Waals surface area contributed by atoms with Gasteiger partial charge in [0, 0.05) is 19.7 Å². The molecule has 0 aliphatic heterocycles. The van der Waals surface area contributed by atoms with E-state index in [-0.39, 0.29) is 29.4 Å². The van der Waals surface area contributed by atoms with E-state index in [0.29, 0.717) is 24.9 Å². The van der Waals surface area contributed by atoms with Gasteiger partial charge in [0.15, 0.2) is 0 Å². The van der Waals surface area contributed by atoms with Gasteiger partial charge in [0.25, 0.3) is 5.56 Å². The Labute approximate surface area is 161 Å². The highest BCUT2D eigenvalue weighted by Gasteiger charge is 2.56. The van der Waals surface area contributed by atoms with Gasteiger partial charge in [0.05, 0.1) is 21.9 Å². The number of aliphatic hydroxyl groups excluding tert-OH is 1. The molecule has 0 amide bonds.